The van der Waals surface area contributed by atoms with Crippen molar-refractivity contribution in [2.75, 3.05) is 0 Å². The number of aromatic nitrogens is 2. The largest absolute Gasteiger partial charge is 0.358 e. The van der Waals surface area contributed by atoms with Crippen LogP contribution in [0.4, 0.5) is 5.82 Å². The van der Waals surface area contributed by atoms with E-state index in [2.05, 4.69) is 9.97 Å². The zero-order valence-electron chi connectivity index (χ0n) is 5.83. The van der Waals surface area contributed by atoms with Gasteiger partial charge in [-0.15, -0.1) is 23.2 Å². The standard InChI is InChI=1S/C5H5Cl2N3O2/c6-3(7)1-4-8-2-5(9-4)10(11)12/h2-3H,1H2,(H,8,9). The number of nitro groups is 1. The Bertz CT molecular complexity index is 286. The first-order chi connectivity index (χ1) is 5.59. The topological polar surface area (TPSA) is 71.8 Å². The van der Waals surface area contributed by atoms with E-state index in [1.54, 1.807) is 0 Å². The van der Waals surface area contributed by atoms with Gasteiger partial charge in [-0.2, -0.15) is 0 Å². The fourth-order valence-electron chi connectivity index (χ4n) is 0.694. The van der Waals surface area contributed by atoms with Crippen LogP contribution in [0.3, 0.4) is 0 Å². The summed E-state index contributed by atoms with van der Waals surface area (Å²) in [4.78, 5) is 15.2. The molecule has 1 aromatic rings. The van der Waals surface area contributed by atoms with E-state index in [0.29, 0.717) is 5.82 Å². The van der Waals surface area contributed by atoms with Crippen LogP contribution in [0.25, 0.3) is 0 Å². The van der Waals surface area contributed by atoms with Crippen LogP contribution in [-0.4, -0.2) is 19.7 Å². The molecular formula is C5H5Cl2N3O2. The molecule has 1 rings (SSSR count). The van der Waals surface area contributed by atoms with Crippen LogP contribution in [0.2, 0.25) is 0 Å². The predicted octanol–water partition coefficient (Wildman–Crippen LogP) is 1.66. The Hall–Kier alpha value is -0.810. The fraction of sp³-hybridized carbons (Fsp3) is 0.400. The maximum absolute atomic E-state index is 10.2. The number of aromatic amines is 1. The quantitative estimate of drug-likeness (QED) is 0.468. The molecule has 0 unspecified atom stereocenters. The number of halogens is 2. The van der Waals surface area contributed by atoms with Crippen molar-refractivity contribution in [2.24, 2.45) is 0 Å². The molecule has 0 fully saturated rings. The van der Waals surface area contributed by atoms with E-state index in [4.69, 9.17) is 23.2 Å². The van der Waals surface area contributed by atoms with E-state index in [-0.39, 0.29) is 12.2 Å². The summed E-state index contributed by atoms with van der Waals surface area (Å²) in [6.07, 6.45) is 1.41. The minimum absolute atomic E-state index is 0.154. The van der Waals surface area contributed by atoms with Gasteiger partial charge in [0.25, 0.3) is 0 Å². The highest BCUT2D eigenvalue weighted by Crippen LogP contribution is 2.11. The number of nitrogens with zero attached hydrogens (tertiary/aromatic N) is 2. The van der Waals surface area contributed by atoms with Gasteiger partial charge in [-0.3, -0.25) is 0 Å². The summed E-state index contributed by atoms with van der Waals surface area (Å²) in [5.74, 6) is 0.260. The first-order valence-corrected chi connectivity index (χ1v) is 3.93. The summed E-state index contributed by atoms with van der Waals surface area (Å²) in [5, 5.41) is 10.2. The molecule has 0 aliphatic heterocycles. The molecule has 0 atom stereocenters. The van der Waals surface area contributed by atoms with Gasteiger partial charge in [0, 0.05) is 0 Å². The Labute approximate surface area is 77.8 Å². The number of hydrogen-bond donors (Lipinski definition) is 1. The molecule has 0 aromatic carbocycles. The van der Waals surface area contributed by atoms with Crippen LogP contribution in [0.1, 0.15) is 5.82 Å². The first kappa shape index (κ1) is 9.28. The van der Waals surface area contributed by atoms with Gasteiger partial charge in [-0.25, -0.2) is 9.97 Å². The average molecular weight is 210 g/mol. The lowest BCUT2D eigenvalue weighted by molar-refractivity contribution is -0.389. The molecule has 1 aromatic heterocycles. The summed E-state index contributed by atoms with van der Waals surface area (Å²) < 4.78 is 0. The van der Waals surface area contributed by atoms with E-state index >= 15 is 0 Å². The molecule has 66 valence electrons. The Balaban J connectivity index is 2.71. The predicted molar refractivity (Wildman–Crippen MR) is 44.4 cm³/mol. The SMILES string of the molecule is O=[N+]([O-])c1cnc(CC(Cl)Cl)[nH]1. The molecule has 5 nitrogen and oxygen atoms in total. The third kappa shape index (κ3) is 2.35. The van der Waals surface area contributed by atoms with E-state index < -0.39 is 9.76 Å². The van der Waals surface area contributed by atoms with Gasteiger partial charge in [0.15, 0.2) is 5.82 Å². The molecule has 0 spiro atoms. The molecule has 0 bridgehead atoms. The maximum atomic E-state index is 10.2. The summed E-state index contributed by atoms with van der Waals surface area (Å²) in [6.45, 7) is 0. The minimum Gasteiger partial charge on any atom is -0.358 e. The first-order valence-electron chi connectivity index (χ1n) is 3.06. The van der Waals surface area contributed by atoms with Crippen molar-refractivity contribution in [2.45, 2.75) is 11.3 Å². The molecule has 0 aliphatic carbocycles. The molecule has 1 heterocycles. The summed E-state index contributed by atoms with van der Waals surface area (Å²) in [7, 11) is 0. The number of H-pyrrole nitrogens is 1. The van der Waals surface area contributed by atoms with Crippen LogP contribution in [0.5, 0.6) is 0 Å². The van der Waals surface area contributed by atoms with E-state index in [0.717, 1.165) is 6.20 Å². The van der Waals surface area contributed by atoms with Crippen molar-refractivity contribution in [1.29, 1.82) is 0 Å². The molecule has 1 N–H and O–H groups in total. The number of nitrogens with one attached hydrogen (secondary N) is 1. The molecule has 0 saturated heterocycles. The van der Waals surface area contributed by atoms with E-state index in [9.17, 15) is 10.1 Å². The summed E-state index contributed by atoms with van der Waals surface area (Å²) in [6, 6.07) is 0. The van der Waals surface area contributed by atoms with E-state index in [1.165, 1.54) is 0 Å². The van der Waals surface area contributed by atoms with Gasteiger partial charge in [-0.1, -0.05) is 0 Å². The Morgan fingerprint density at radius 1 is 1.75 bits per heavy atom. The number of alkyl halides is 2. The normalized spacial score (nSPS) is 10.6. The second-order valence-electron chi connectivity index (χ2n) is 2.07. The van der Waals surface area contributed by atoms with Crippen LogP contribution in [0.15, 0.2) is 6.20 Å². The van der Waals surface area contributed by atoms with Gasteiger partial charge >= 0.3 is 5.82 Å². The van der Waals surface area contributed by atoms with Gasteiger partial charge in [0.2, 0.25) is 0 Å². The highest BCUT2D eigenvalue weighted by molar-refractivity contribution is 6.44. The summed E-state index contributed by atoms with van der Waals surface area (Å²) in [5.41, 5.74) is 0. The highest BCUT2D eigenvalue weighted by atomic mass is 35.5. The molecule has 7 heteroatoms. The number of rotatable bonds is 3. The smallest absolute Gasteiger partial charge is 0.340 e. The van der Waals surface area contributed by atoms with E-state index in [1.807, 2.05) is 0 Å². The molecule has 0 radical (unpaired) electrons. The Kier molecular flexibility index (Phi) is 2.88. The maximum Gasteiger partial charge on any atom is 0.340 e. The Morgan fingerprint density at radius 3 is 2.83 bits per heavy atom. The number of hydrogen-bond acceptors (Lipinski definition) is 3. The van der Waals surface area contributed by atoms with Gasteiger partial charge in [-0.05, 0) is 4.92 Å². The third-order valence-corrected chi connectivity index (χ3v) is 1.47. The van der Waals surface area contributed by atoms with Gasteiger partial charge < -0.3 is 10.1 Å². The van der Waals surface area contributed by atoms with Crippen LogP contribution < -0.4 is 0 Å². The lowest BCUT2D eigenvalue weighted by Gasteiger charge is -1.91. The lowest BCUT2D eigenvalue weighted by atomic mass is 10.5. The van der Waals surface area contributed by atoms with Crippen LogP contribution in [-0.2, 0) is 6.42 Å². The fourth-order valence-corrected chi connectivity index (χ4v) is 0.986. The zero-order chi connectivity index (χ0) is 9.14. The van der Waals surface area contributed by atoms with Gasteiger partial charge in [0.05, 0.1) is 6.42 Å². The monoisotopic (exact) mass is 209 g/mol. The van der Waals surface area contributed by atoms with Crippen molar-refractivity contribution in [3.8, 4) is 0 Å². The molecular weight excluding hydrogens is 205 g/mol. The zero-order valence-corrected chi connectivity index (χ0v) is 7.34. The van der Waals surface area contributed by atoms with Crippen molar-refractivity contribution in [1.82, 2.24) is 9.97 Å². The third-order valence-electron chi connectivity index (χ3n) is 1.16. The van der Waals surface area contributed by atoms with Gasteiger partial charge in [0.1, 0.15) is 11.0 Å². The summed E-state index contributed by atoms with van der Waals surface area (Å²) >= 11 is 10.9. The highest BCUT2D eigenvalue weighted by Gasteiger charge is 2.12. The molecule has 0 saturated carbocycles. The lowest BCUT2D eigenvalue weighted by Crippen LogP contribution is -1.96. The molecule has 0 amide bonds. The average Bonchev–Trinajstić information content (AvgIpc) is 2.34. The second kappa shape index (κ2) is 3.73. The minimum atomic E-state index is -0.601. The van der Waals surface area contributed by atoms with Crippen molar-refractivity contribution >= 4 is 29.0 Å². The van der Waals surface area contributed by atoms with Crippen molar-refractivity contribution < 1.29 is 4.92 Å². The second-order valence-corrected chi connectivity index (χ2v) is 3.34. The van der Waals surface area contributed by atoms with Crippen molar-refractivity contribution in [3.63, 3.8) is 0 Å². The van der Waals surface area contributed by atoms with Crippen molar-refractivity contribution in [3.05, 3.63) is 22.1 Å². The molecule has 0 aliphatic rings. The van der Waals surface area contributed by atoms with Crippen LogP contribution >= 0.6 is 23.2 Å². The van der Waals surface area contributed by atoms with Crippen LogP contribution in [0, 0.1) is 10.1 Å². The molecule has 12 heavy (non-hydrogen) atoms. The Morgan fingerprint density at radius 2 is 2.42 bits per heavy atom. The number of imidazole rings is 1.